The van der Waals surface area contributed by atoms with Gasteiger partial charge in [0.15, 0.2) is 0 Å². The van der Waals surface area contributed by atoms with E-state index in [2.05, 4.69) is 17.2 Å². The first-order valence-electron chi connectivity index (χ1n) is 4.52. The SMILES string of the molecule is Cc1ccc(CS(=O)(=O)C(=S)/N=C\N)cc1. The summed E-state index contributed by atoms with van der Waals surface area (Å²) in [7, 11) is -3.53. The molecule has 0 saturated carbocycles. The molecule has 0 aliphatic heterocycles. The quantitative estimate of drug-likeness (QED) is 0.490. The van der Waals surface area contributed by atoms with Crippen LogP contribution in [0.4, 0.5) is 0 Å². The highest BCUT2D eigenvalue weighted by molar-refractivity contribution is 8.16. The lowest BCUT2D eigenvalue weighted by Gasteiger charge is -2.02. The Morgan fingerprint density at radius 3 is 2.50 bits per heavy atom. The molecule has 0 aliphatic rings. The molecule has 1 rings (SSSR count). The van der Waals surface area contributed by atoms with Crippen LogP contribution in [0.2, 0.25) is 0 Å². The number of sulfone groups is 1. The maximum Gasteiger partial charge on any atom is 0.220 e. The van der Waals surface area contributed by atoms with E-state index in [0.29, 0.717) is 5.56 Å². The molecular weight excluding hydrogens is 244 g/mol. The van der Waals surface area contributed by atoms with Crippen LogP contribution in [0.5, 0.6) is 0 Å². The Morgan fingerprint density at radius 1 is 1.44 bits per heavy atom. The van der Waals surface area contributed by atoms with Crippen molar-refractivity contribution in [3.8, 4) is 0 Å². The monoisotopic (exact) mass is 256 g/mol. The number of rotatable bonds is 2. The first-order chi connectivity index (χ1) is 7.45. The number of hydrogen-bond donors (Lipinski definition) is 1. The third kappa shape index (κ3) is 3.39. The zero-order valence-corrected chi connectivity index (χ0v) is 10.4. The standard InChI is InChI=1S/C10H12N2O2S2/c1-8-2-4-9(5-3-8)6-16(13,14)10(15)12-7-11/h2-5,7H,6H2,1H3,(H2,11,12,15). The zero-order valence-electron chi connectivity index (χ0n) is 8.75. The number of nitrogens with zero attached hydrogens (tertiary/aromatic N) is 1. The Hall–Kier alpha value is -1.27. The van der Waals surface area contributed by atoms with Gasteiger partial charge in [0, 0.05) is 0 Å². The van der Waals surface area contributed by atoms with Crippen molar-refractivity contribution < 1.29 is 8.42 Å². The molecule has 0 atom stereocenters. The molecule has 0 aliphatic carbocycles. The highest BCUT2D eigenvalue weighted by Crippen LogP contribution is 2.10. The lowest BCUT2D eigenvalue weighted by molar-refractivity contribution is 0.606. The molecule has 4 nitrogen and oxygen atoms in total. The van der Waals surface area contributed by atoms with Crippen LogP contribution in [0.3, 0.4) is 0 Å². The summed E-state index contributed by atoms with van der Waals surface area (Å²) in [5.74, 6) is -0.149. The smallest absolute Gasteiger partial charge is 0.220 e. The molecule has 2 N–H and O–H groups in total. The van der Waals surface area contributed by atoms with Gasteiger partial charge in [-0.05, 0) is 24.7 Å². The molecule has 0 aromatic heterocycles. The molecule has 0 bridgehead atoms. The molecule has 0 saturated heterocycles. The Morgan fingerprint density at radius 2 is 2.00 bits per heavy atom. The first-order valence-corrected chi connectivity index (χ1v) is 6.58. The molecule has 1 aromatic carbocycles. The summed E-state index contributed by atoms with van der Waals surface area (Å²) in [6.07, 6.45) is 0.884. The topological polar surface area (TPSA) is 72.5 Å². The van der Waals surface area contributed by atoms with Gasteiger partial charge in [0.1, 0.15) is 0 Å². The number of aryl methyl sites for hydroxylation is 1. The van der Waals surface area contributed by atoms with E-state index < -0.39 is 9.84 Å². The lowest BCUT2D eigenvalue weighted by Crippen LogP contribution is -2.14. The summed E-state index contributed by atoms with van der Waals surface area (Å²) >= 11 is 4.65. The van der Waals surface area contributed by atoms with Crippen LogP contribution in [0.15, 0.2) is 29.3 Å². The second-order valence-electron chi connectivity index (χ2n) is 3.29. The molecule has 0 heterocycles. The third-order valence-corrected chi connectivity index (χ3v) is 4.14. The van der Waals surface area contributed by atoms with Gasteiger partial charge in [0.2, 0.25) is 14.2 Å². The predicted octanol–water partition coefficient (Wildman–Crippen LogP) is 1.18. The number of hydrogen-bond acceptors (Lipinski definition) is 3. The van der Waals surface area contributed by atoms with Gasteiger partial charge in [0.05, 0.1) is 12.1 Å². The molecule has 1 aromatic rings. The van der Waals surface area contributed by atoms with Crippen LogP contribution in [-0.2, 0) is 15.6 Å². The van der Waals surface area contributed by atoms with Crippen molar-refractivity contribution in [3.63, 3.8) is 0 Å². The highest BCUT2D eigenvalue weighted by Gasteiger charge is 2.17. The molecule has 6 heteroatoms. The molecule has 16 heavy (non-hydrogen) atoms. The van der Waals surface area contributed by atoms with Gasteiger partial charge in [-0.25, -0.2) is 13.4 Å². The van der Waals surface area contributed by atoms with Gasteiger partial charge in [-0.2, -0.15) is 0 Å². The minimum absolute atomic E-state index is 0.149. The van der Waals surface area contributed by atoms with Crippen LogP contribution < -0.4 is 5.73 Å². The van der Waals surface area contributed by atoms with Gasteiger partial charge >= 0.3 is 0 Å². The highest BCUT2D eigenvalue weighted by atomic mass is 32.2. The van der Waals surface area contributed by atoms with Crippen molar-refractivity contribution in [2.45, 2.75) is 12.7 Å². The maximum absolute atomic E-state index is 11.7. The van der Waals surface area contributed by atoms with Gasteiger partial charge in [-0.1, -0.05) is 29.8 Å². The molecule has 0 radical (unpaired) electrons. The molecule has 0 spiro atoms. The van der Waals surface area contributed by atoms with E-state index >= 15 is 0 Å². The number of thiocarbonyl (C=S) groups is 1. The predicted molar refractivity (Wildman–Crippen MR) is 69.1 cm³/mol. The van der Waals surface area contributed by atoms with E-state index in [1.54, 1.807) is 12.1 Å². The summed E-state index contributed by atoms with van der Waals surface area (Å²) in [5.41, 5.74) is 6.75. The summed E-state index contributed by atoms with van der Waals surface area (Å²) in [6, 6.07) is 7.20. The van der Waals surface area contributed by atoms with Crippen LogP contribution >= 0.6 is 12.2 Å². The van der Waals surface area contributed by atoms with Gasteiger partial charge in [-0.3, -0.25) is 0 Å². The molecule has 0 amide bonds. The van der Waals surface area contributed by atoms with Crippen LogP contribution in [0.25, 0.3) is 0 Å². The Bertz CT molecular complexity index is 504. The van der Waals surface area contributed by atoms with Gasteiger partial charge < -0.3 is 5.73 Å². The third-order valence-electron chi connectivity index (χ3n) is 1.92. The van der Waals surface area contributed by atoms with Crippen molar-refractivity contribution in [2.24, 2.45) is 10.7 Å². The van der Waals surface area contributed by atoms with Crippen molar-refractivity contribution in [1.82, 2.24) is 0 Å². The first kappa shape index (κ1) is 12.8. The molecule has 86 valence electrons. The molecule has 0 unspecified atom stereocenters. The van der Waals surface area contributed by atoms with Gasteiger partial charge in [0.25, 0.3) is 0 Å². The summed E-state index contributed by atoms with van der Waals surface area (Å²) < 4.78 is 22.9. The van der Waals surface area contributed by atoms with E-state index in [-0.39, 0.29) is 10.1 Å². The van der Waals surface area contributed by atoms with Crippen LogP contribution in [0, 0.1) is 6.92 Å². The summed E-state index contributed by atoms with van der Waals surface area (Å²) in [5, 5.41) is 0. The van der Waals surface area contributed by atoms with Crippen molar-refractivity contribution in [1.29, 1.82) is 0 Å². The number of nitrogens with two attached hydrogens (primary N) is 1. The van der Waals surface area contributed by atoms with Crippen molar-refractivity contribution in [2.75, 3.05) is 0 Å². The van der Waals surface area contributed by atoms with Gasteiger partial charge in [-0.15, -0.1) is 0 Å². The van der Waals surface area contributed by atoms with Crippen molar-refractivity contribution in [3.05, 3.63) is 35.4 Å². The fraction of sp³-hybridized carbons (Fsp3) is 0.200. The van der Waals surface area contributed by atoms with Crippen LogP contribution in [-0.4, -0.2) is 19.1 Å². The summed E-state index contributed by atoms with van der Waals surface area (Å²) in [6.45, 7) is 1.93. The second-order valence-corrected chi connectivity index (χ2v) is 5.84. The zero-order chi connectivity index (χ0) is 12.2. The Balaban J connectivity index is 2.89. The fourth-order valence-corrected chi connectivity index (χ4v) is 2.32. The minimum Gasteiger partial charge on any atom is -0.390 e. The minimum atomic E-state index is -3.53. The van der Waals surface area contributed by atoms with E-state index in [4.69, 9.17) is 5.73 Å². The maximum atomic E-state index is 11.7. The number of aliphatic imine (C=N–C) groups is 1. The van der Waals surface area contributed by atoms with E-state index in [1.807, 2.05) is 19.1 Å². The average Bonchev–Trinajstić information content (AvgIpc) is 2.21. The fourth-order valence-electron chi connectivity index (χ4n) is 1.11. The Labute approximate surface area is 100 Å². The van der Waals surface area contributed by atoms with E-state index in [9.17, 15) is 8.42 Å². The van der Waals surface area contributed by atoms with Crippen LogP contribution in [0.1, 0.15) is 11.1 Å². The molecule has 0 fully saturated rings. The van der Waals surface area contributed by atoms with E-state index in [1.165, 1.54) is 0 Å². The van der Waals surface area contributed by atoms with E-state index in [0.717, 1.165) is 11.9 Å². The average molecular weight is 256 g/mol. The molecular formula is C10H12N2O2S2. The largest absolute Gasteiger partial charge is 0.390 e. The summed E-state index contributed by atoms with van der Waals surface area (Å²) in [4.78, 5) is 3.41. The number of benzene rings is 1. The Kier molecular flexibility index (Phi) is 4.14. The second kappa shape index (κ2) is 5.18. The van der Waals surface area contributed by atoms with Crippen molar-refractivity contribution >= 4 is 32.7 Å². The lowest BCUT2D eigenvalue weighted by atomic mass is 10.2. The normalized spacial score (nSPS) is 11.8.